The first-order valence-corrected chi connectivity index (χ1v) is 8.88. The lowest BCUT2D eigenvalue weighted by atomic mass is 9.97. The lowest BCUT2D eigenvalue weighted by molar-refractivity contribution is 0.1000. The van der Waals surface area contributed by atoms with E-state index in [-0.39, 0.29) is 8.46 Å². The molecular weight excluding hydrogens is 307 g/mol. The highest BCUT2D eigenvalue weighted by Gasteiger charge is 2.24. The Morgan fingerprint density at radius 2 is 1.87 bits per heavy atom. The van der Waals surface area contributed by atoms with Crippen LogP contribution in [-0.2, 0) is 17.5 Å². The first kappa shape index (κ1) is 17.4. The number of hydrogen-bond acceptors (Lipinski definition) is 2. The lowest BCUT2D eigenvalue weighted by Crippen LogP contribution is -2.13. The molecule has 0 radical (unpaired) electrons. The highest BCUT2D eigenvalue weighted by atomic mass is 31.1. The van der Waals surface area contributed by atoms with E-state index in [1.807, 2.05) is 38.1 Å². The Morgan fingerprint density at radius 3 is 2.39 bits per heavy atom. The Balaban J connectivity index is 2.72. The van der Waals surface area contributed by atoms with Gasteiger partial charge in [0.1, 0.15) is 0 Å². The highest BCUT2D eigenvalue weighted by molar-refractivity contribution is 7.23. The van der Waals surface area contributed by atoms with Crippen LogP contribution in [0.15, 0.2) is 24.3 Å². The molecule has 5 heteroatoms. The van der Waals surface area contributed by atoms with Crippen molar-refractivity contribution in [2.45, 2.75) is 40.2 Å². The fourth-order valence-corrected chi connectivity index (χ4v) is 3.35. The number of aryl methyl sites for hydroxylation is 1. The maximum atomic E-state index is 12.1. The van der Waals surface area contributed by atoms with Crippen LogP contribution in [0.4, 0.5) is 0 Å². The summed E-state index contributed by atoms with van der Waals surface area (Å²) in [5.74, 6) is -0.408. The summed E-state index contributed by atoms with van der Waals surface area (Å²) in [7, 11) is 0.111. The van der Waals surface area contributed by atoms with Gasteiger partial charge in [-0.05, 0) is 25.8 Å². The second-order valence-electron chi connectivity index (χ2n) is 5.77. The molecule has 0 aliphatic rings. The van der Waals surface area contributed by atoms with Gasteiger partial charge in [-0.1, -0.05) is 43.2 Å². The molecule has 0 fully saturated rings. The Bertz CT molecular complexity index is 718. The molecule has 1 aromatic heterocycles. The molecule has 0 aliphatic heterocycles. The van der Waals surface area contributed by atoms with Crippen LogP contribution in [0.5, 0.6) is 0 Å². The molecule has 4 nitrogen and oxygen atoms in total. The molecule has 23 heavy (non-hydrogen) atoms. The van der Waals surface area contributed by atoms with Gasteiger partial charge in [0.25, 0.3) is 5.91 Å². The van der Waals surface area contributed by atoms with Gasteiger partial charge in [0.05, 0.1) is 5.56 Å². The molecule has 1 heterocycles. The molecule has 0 saturated heterocycles. The van der Waals surface area contributed by atoms with Crippen LogP contribution in [0, 0.1) is 13.8 Å². The lowest BCUT2D eigenvalue weighted by Gasteiger charge is -2.11. The number of rotatable bonds is 7. The number of primary amides is 1. The van der Waals surface area contributed by atoms with Crippen LogP contribution in [0.25, 0.3) is 11.1 Å². The SMILES string of the molecule is CCCc1c(-c2ccc(C)cc2)c(C(N)=O)c(C)n1CCP=O. The minimum Gasteiger partial charge on any atom is -0.366 e. The van der Waals surface area contributed by atoms with E-state index in [1.54, 1.807) is 0 Å². The molecule has 122 valence electrons. The van der Waals surface area contributed by atoms with E-state index in [4.69, 9.17) is 5.73 Å². The Labute approximate surface area is 138 Å². The molecule has 0 atom stereocenters. The van der Waals surface area contributed by atoms with Crippen molar-refractivity contribution in [1.82, 2.24) is 4.57 Å². The molecule has 1 aromatic carbocycles. The number of amides is 1. The van der Waals surface area contributed by atoms with Crippen molar-refractivity contribution < 1.29 is 9.36 Å². The van der Waals surface area contributed by atoms with Gasteiger partial charge in [0, 0.05) is 29.7 Å². The smallest absolute Gasteiger partial charge is 0.251 e. The van der Waals surface area contributed by atoms with Crippen molar-refractivity contribution in [3.8, 4) is 11.1 Å². The van der Waals surface area contributed by atoms with Crippen LogP contribution in [0.3, 0.4) is 0 Å². The average Bonchev–Trinajstić information content (AvgIpc) is 2.79. The maximum absolute atomic E-state index is 12.1. The molecule has 0 spiro atoms. The largest absolute Gasteiger partial charge is 0.366 e. The molecule has 0 saturated carbocycles. The van der Waals surface area contributed by atoms with E-state index in [0.29, 0.717) is 18.3 Å². The number of nitrogens with zero attached hydrogens (tertiary/aromatic N) is 1. The van der Waals surface area contributed by atoms with Gasteiger partial charge in [-0.25, -0.2) is 0 Å². The first-order chi connectivity index (χ1) is 11.0. The van der Waals surface area contributed by atoms with E-state index in [2.05, 4.69) is 11.5 Å². The fraction of sp³-hybridized carbons (Fsp3) is 0.389. The zero-order valence-corrected chi connectivity index (χ0v) is 14.8. The highest BCUT2D eigenvalue weighted by Crippen LogP contribution is 2.34. The van der Waals surface area contributed by atoms with Crippen LogP contribution in [0.1, 0.15) is 40.7 Å². The van der Waals surface area contributed by atoms with Gasteiger partial charge in [-0.3, -0.25) is 9.36 Å². The van der Waals surface area contributed by atoms with Gasteiger partial charge in [-0.2, -0.15) is 0 Å². The Kier molecular flexibility index (Phi) is 5.73. The minimum atomic E-state index is -0.408. The summed E-state index contributed by atoms with van der Waals surface area (Å²) in [6.45, 7) is 6.69. The van der Waals surface area contributed by atoms with E-state index in [0.717, 1.165) is 35.4 Å². The predicted molar refractivity (Wildman–Crippen MR) is 94.3 cm³/mol. The van der Waals surface area contributed by atoms with E-state index in [1.165, 1.54) is 5.56 Å². The summed E-state index contributed by atoms with van der Waals surface area (Å²) < 4.78 is 13.0. The summed E-state index contributed by atoms with van der Waals surface area (Å²) in [4.78, 5) is 12.1. The second-order valence-corrected chi connectivity index (χ2v) is 6.47. The Morgan fingerprint density at radius 1 is 1.22 bits per heavy atom. The fourth-order valence-electron chi connectivity index (χ4n) is 3.07. The van der Waals surface area contributed by atoms with Crippen LogP contribution < -0.4 is 5.73 Å². The standard InChI is InChI=1S/C18H23N2O2P/c1-4-5-15-17(14-8-6-12(2)7-9-14)16(18(19)21)13(3)20(15)10-11-23-22/h6-9H,4-5,10-11H2,1-3H3,(H2,19,21). The number of carbonyl (C=O) groups excluding carboxylic acids is 1. The molecule has 0 aliphatic carbocycles. The van der Waals surface area contributed by atoms with Crippen molar-refractivity contribution in [3.63, 3.8) is 0 Å². The third-order valence-electron chi connectivity index (χ3n) is 4.12. The Hall–Kier alpha value is -1.93. The van der Waals surface area contributed by atoms with E-state index < -0.39 is 5.91 Å². The van der Waals surface area contributed by atoms with Crippen molar-refractivity contribution >= 4 is 14.4 Å². The molecule has 1 amide bonds. The molecule has 2 rings (SSSR count). The number of benzene rings is 1. The molecule has 2 aromatic rings. The third kappa shape index (κ3) is 3.53. The van der Waals surface area contributed by atoms with E-state index >= 15 is 0 Å². The first-order valence-electron chi connectivity index (χ1n) is 7.89. The zero-order chi connectivity index (χ0) is 17.0. The van der Waals surface area contributed by atoms with Crippen molar-refractivity contribution in [2.24, 2.45) is 5.73 Å². The molecule has 2 N–H and O–H groups in total. The number of aromatic nitrogens is 1. The summed E-state index contributed by atoms with van der Waals surface area (Å²) in [5.41, 5.74) is 11.3. The summed E-state index contributed by atoms with van der Waals surface area (Å²) >= 11 is 0. The normalized spacial score (nSPS) is 11.1. The van der Waals surface area contributed by atoms with Crippen LogP contribution in [0.2, 0.25) is 0 Å². The number of nitrogens with two attached hydrogens (primary N) is 1. The summed E-state index contributed by atoms with van der Waals surface area (Å²) in [6.07, 6.45) is 2.35. The quantitative estimate of drug-likeness (QED) is 0.776. The summed E-state index contributed by atoms with van der Waals surface area (Å²) in [5, 5.41) is 0. The predicted octanol–water partition coefficient (Wildman–Crippen LogP) is 4.12. The van der Waals surface area contributed by atoms with Crippen molar-refractivity contribution in [1.29, 1.82) is 0 Å². The van der Waals surface area contributed by atoms with Gasteiger partial charge in [0.2, 0.25) is 0 Å². The van der Waals surface area contributed by atoms with Gasteiger partial charge in [-0.15, -0.1) is 0 Å². The van der Waals surface area contributed by atoms with Crippen LogP contribution in [-0.4, -0.2) is 16.6 Å². The topological polar surface area (TPSA) is 65.1 Å². The zero-order valence-electron chi connectivity index (χ0n) is 13.9. The molecule has 0 bridgehead atoms. The second kappa shape index (κ2) is 7.56. The van der Waals surface area contributed by atoms with Gasteiger partial charge >= 0.3 is 0 Å². The molecule has 0 unspecified atom stereocenters. The maximum Gasteiger partial charge on any atom is 0.251 e. The third-order valence-corrected chi connectivity index (χ3v) is 4.50. The average molecular weight is 330 g/mol. The van der Waals surface area contributed by atoms with Crippen molar-refractivity contribution in [3.05, 3.63) is 46.8 Å². The van der Waals surface area contributed by atoms with Crippen LogP contribution >= 0.6 is 8.46 Å². The number of hydrogen-bond donors (Lipinski definition) is 1. The van der Waals surface area contributed by atoms with Crippen molar-refractivity contribution in [2.75, 3.05) is 6.16 Å². The number of carbonyl (C=O) groups is 1. The van der Waals surface area contributed by atoms with Gasteiger partial charge < -0.3 is 10.3 Å². The minimum absolute atomic E-state index is 0.111. The van der Waals surface area contributed by atoms with Gasteiger partial charge in [0.15, 0.2) is 8.46 Å². The monoisotopic (exact) mass is 330 g/mol. The molecular formula is C18H23N2O2P. The van der Waals surface area contributed by atoms with E-state index in [9.17, 15) is 9.36 Å². The summed E-state index contributed by atoms with van der Waals surface area (Å²) in [6, 6.07) is 8.15.